The molecule has 1 atom stereocenters. The van der Waals surface area contributed by atoms with E-state index in [0.29, 0.717) is 12.5 Å². The molecule has 1 aliphatic rings. The number of para-hydroxylation sites is 1. The number of anilines is 1. The van der Waals surface area contributed by atoms with Crippen molar-refractivity contribution < 1.29 is 0 Å². The molecule has 0 saturated carbocycles. The number of fused-ring (bicyclic) bond motifs is 1. The highest BCUT2D eigenvalue weighted by Gasteiger charge is 2.10. The molecule has 3 aromatic rings. The van der Waals surface area contributed by atoms with Gasteiger partial charge in [0.15, 0.2) is 0 Å². The Morgan fingerprint density at radius 2 is 1.83 bits per heavy atom. The maximum absolute atomic E-state index is 4.85. The summed E-state index contributed by atoms with van der Waals surface area (Å²) in [4.78, 5) is 11.9. The van der Waals surface area contributed by atoms with Crippen LogP contribution < -0.4 is 10.6 Å². The summed E-state index contributed by atoms with van der Waals surface area (Å²) in [5, 5.41) is 7.75. The highest BCUT2D eigenvalue weighted by atomic mass is 15.1. The predicted molar refractivity (Wildman–Crippen MR) is 146 cm³/mol. The topological polar surface area (TPSA) is 53.1 Å². The first-order valence-electron chi connectivity index (χ1n) is 12.4. The third kappa shape index (κ3) is 7.26. The highest BCUT2D eigenvalue weighted by molar-refractivity contribution is 5.88. The van der Waals surface area contributed by atoms with Gasteiger partial charge in [-0.1, -0.05) is 61.3 Å². The van der Waals surface area contributed by atoms with E-state index >= 15 is 0 Å². The summed E-state index contributed by atoms with van der Waals surface area (Å²) in [6.45, 7) is 5.57. The van der Waals surface area contributed by atoms with E-state index in [1.54, 1.807) is 0 Å². The Balaban J connectivity index is 1.38. The van der Waals surface area contributed by atoms with Crippen LogP contribution in [0.15, 0.2) is 72.3 Å². The Kier molecular flexibility index (Phi) is 8.67. The number of allylic oxidation sites excluding steroid dienone is 4. The molecule has 0 spiro atoms. The minimum atomic E-state index is 0.614. The molecule has 4 rings (SSSR count). The average Bonchev–Trinajstić information content (AvgIpc) is 2.87. The van der Waals surface area contributed by atoms with E-state index in [4.69, 9.17) is 9.97 Å². The van der Waals surface area contributed by atoms with E-state index in [1.165, 1.54) is 5.56 Å². The molecule has 2 N–H and O–H groups in total. The molecule has 1 aromatic heterocycles. The lowest BCUT2D eigenvalue weighted by Gasteiger charge is -2.17. The van der Waals surface area contributed by atoms with E-state index < -0.39 is 0 Å². The van der Waals surface area contributed by atoms with Crippen molar-refractivity contribution >= 4 is 16.7 Å². The largest absolute Gasteiger partial charge is 0.369 e. The van der Waals surface area contributed by atoms with Crippen molar-refractivity contribution in [3.8, 4) is 11.8 Å². The Morgan fingerprint density at radius 3 is 2.60 bits per heavy atom. The average molecular weight is 466 g/mol. The van der Waals surface area contributed by atoms with Gasteiger partial charge in [-0.3, -0.25) is 4.90 Å². The van der Waals surface area contributed by atoms with E-state index in [1.807, 2.05) is 19.2 Å². The molecule has 0 fully saturated rings. The summed E-state index contributed by atoms with van der Waals surface area (Å²) in [7, 11) is 4.08. The van der Waals surface area contributed by atoms with Gasteiger partial charge in [-0.25, -0.2) is 9.97 Å². The van der Waals surface area contributed by atoms with E-state index in [-0.39, 0.29) is 0 Å². The number of rotatable bonds is 9. The van der Waals surface area contributed by atoms with Gasteiger partial charge < -0.3 is 10.6 Å². The Labute approximate surface area is 209 Å². The molecule has 5 nitrogen and oxygen atoms in total. The molecular formula is C30H35N5. The second-order valence-electron chi connectivity index (χ2n) is 9.24. The number of hydrogen-bond acceptors (Lipinski definition) is 5. The Bertz CT molecular complexity index is 1250. The number of hydrogen-bond donors (Lipinski definition) is 2. The maximum atomic E-state index is 4.85. The third-order valence-corrected chi connectivity index (χ3v) is 6.03. The van der Waals surface area contributed by atoms with Crippen LogP contribution in [-0.4, -0.2) is 42.1 Å². The molecule has 0 radical (unpaired) electrons. The first kappa shape index (κ1) is 24.7. The summed E-state index contributed by atoms with van der Waals surface area (Å²) in [6.07, 6.45) is 8.69. The number of nitrogens with zero attached hydrogens (tertiary/aromatic N) is 3. The summed E-state index contributed by atoms with van der Waals surface area (Å²) in [5.74, 6) is 8.92. The molecule has 0 saturated heterocycles. The van der Waals surface area contributed by atoms with Crippen LogP contribution in [0.25, 0.3) is 10.9 Å². The molecule has 1 heterocycles. The minimum Gasteiger partial charge on any atom is -0.369 e. The normalized spacial score (nSPS) is 15.1. The SMILES string of the molecule is CNCCCNc1nc(CN(C)Cc2ccc(C#CC3=CCC(C)C=C3)cc2)nc2ccccc12. The third-order valence-electron chi connectivity index (χ3n) is 6.03. The molecule has 0 aliphatic heterocycles. The lowest BCUT2D eigenvalue weighted by Crippen LogP contribution is -2.20. The molecule has 35 heavy (non-hydrogen) atoms. The lowest BCUT2D eigenvalue weighted by atomic mass is 9.99. The van der Waals surface area contributed by atoms with Gasteiger partial charge in [0, 0.05) is 29.6 Å². The van der Waals surface area contributed by atoms with Crippen molar-refractivity contribution in [1.82, 2.24) is 20.2 Å². The lowest BCUT2D eigenvalue weighted by molar-refractivity contribution is 0.311. The van der Waals surface area contributed by atoms with Gasteiger partial charge in [-0.05, 0) is 69.2 Å². The molecule has 1 aliphatic carbocycles. The predicted octanol–water partition coefficient (Wildman–Crippen LogP) is 5.16. The molecule has 5 heteroatoms. The summed E-state index contributed by atoms with van der Waals surface area (Å²) >= 11 is 0. The fraction of sp³-hybridized carbons (Fsp3) is 0.333. The number of benzene rings is 2. The quantitative estimate of drug-likeness (QED) is 0.338. The molecule has 1 unspecified atom stereocenters. The van der Waals surface area contributed by atoms with Crippen LogP contribution >= 0.6 is 0 Å². The van der Waals surface area contributed by atoms with Crippen molar-refractivity contribution in [3.05, 3.63) is 89.3 Å². The molecule has 0 amide bonds. The van der Waals surface area contributed by atoms with Gasteiger partial charge in [0.2, 0.25) is 0 Å². The zero-order valence-electron chi connectivity index (χ0n) is 21.0. The molecule has 0 bridgehead atoms. The van der Waals surface area contributed by atoms with Crippen LogP contribution in [0.5, 0.6) is 0 Å². The van der Waals surface area contributed by atoms with Gasteiger partial charge >= 0.3 is 0 Å². The van der Waals surface area contributed by atoms with E-state index in [0.717, 1.165) is 66.2 Å². The van der Waals surface area contributed by atoms with Crippen LogP contribution in [-0.2, 0) is 13.1 Å². The molecular weight excluding hydrogens is 430 g/mol. The van der Waals surface area contributed by atoms with Crippen LogP contribution in [0.2, 0.25) is 0 Å². The monoisotopic (exact) mass is 465 g/mol. The summed E-state index contributed by atoms with van der Waals surface area (Å²) in [5.41, 5.74) is 4.37. The van der Waals surface area contributed by atoms with Gasteiger partial charge in [0.1, 0.15) is 11.6 Å². The van der Waals surface area contributed by atoms with Crippen LogP contribution in [0.1, 0.15) is 36.7 Å². The fourth-order valence-corrected chi connectivity index (χ4v) is 4.07. The first-order valence-corrected chi connectivity index (χ1v) is 12.4. The van der Waals surface area contributed by atoms with Gasteiger partial charge in [-0.2, -0.15) is 0 Å². The smallest absolute Gasteiger partial charge is 0.145 e. The minimum absolute atomic E-state index is 0.614. The second-order valence-corrected chi connectivity index (χ2v) is 9.24. The van der Waals surface area contributed by atoms with Crippen molar-refractivity contribution in [2.24, 2.45) is 5.92 Å². The standard InChI is InChI=1S/C30H35N5/c1-23-9-11-24(12-10-23)13-14-25-15-17-26(18-16-25)21-35(3)22-29-33-28-8-5-4-7-27(28)30(34-29)32-20-6-19-31-2/h4-5,7-9,11-12,15-18,23,31H,6,10,19-22H2,1-3H3,(H,32,33,34). The van der Waals surface area contributed by atoms with Crippen molar-refractivity contribution in [3.63, 3.8) is 0 Å². The van der Waals surface area contributed by atoms with Crippen LogP contribution in [0, 0.1) is 17.8 Å². The van der Waals surface area contributed by atoms with Crippen molar-refractivity contribution in [1.29, 1.82) is 0 Å². The Hall–Kier alpha value is -3.46. The second kappa shape index (κ2) is 12.3. The zero-order chi connectivity index (χ0) is 24.5. The van der Waals surface area contributed by atoms with E-state index in [2.05, 4.69) is 96.0 Å². The number of nitrogens with one attached hydrogen (secondary N) is 2. The van der Waals surface area contributed by atoms with Crippen LogP contribution in [0.3, 0.4) is 0 Å². The summed E-state index contributed by atoms with van der Waals surface area (Å²) in [6, 6.07) is 16.7. The van der Waals surface area contributed by atoms with Crippen molar-refractivity contribution in [2.75, 3.05) is 32.5 Å². The zero-order valence-corrected chi connectivity index (χ0v) is 21.0. The van der Waals surface area contributed by atoms with Gasteiger partial charge in [0.05, 0.1) is 12.1 Å². The molecule has 2 aromatic carbocycles. The Morgan fingerprint density at radius 1 is 1.00 bits per heavy atom. The first-order chi connectivity index (χ1) is 17.1. The maximum Gasteiger partial charge on any atom is 0.145 e. The van der Waals surface area contributed by atoms with Gasteiger partial charge in [-0.15, -0.1) is 0 Å². The highest BCUT2D eigenvalue weighted by Crippen LogP contribution is 2.21. The molecule has 180 valence electrons. The summed E-state index contributed by atoms with van der Waals surface area (Å²) < 4.78 is 0. The van der Waals surface area contributed by atoms with E-state index in [9.17, 15) is 0 Å². The van der Waals surface area contributed by atoms with Gasteiger partial charge in [0.25, 0.3) is 0 Å². The fourth-order valence-electron chi connectivity index (χ4n) is 4.07. The number of aromatic nitrogens is 2. The van der Waals surface area contributed by atoms with Crippen molar-refractivity contribution in [2.45, 2.75) is 32.9 Å². The van der Waals surface area contributed by atoms with Crippen LogP contribution in [0.4, 0.5) is 5.82 Å².